The van der Waals surface area contributed by atoms with E-state index in [1.54, 1.807) is 72.8 Å². The molecule has 29 heavy (non-hydrogen) atoms. The van der Waals surface area contributed by atoms with Gasteiger partial charge in [-0.25, -0.2) is 0 Å². The summed E-state index contributed by atoms with van der Waals surface area (Å²) < 4.78 is 5.47. The number of benzene rings is 3. The van der Waals surface area contributed by atoms with Gasteiger partial charge in [0.25, 0.3) is 5.91 Å². The number of aromatic nitrogens is 2. The molecule has 0 saturated heterocycles. The summed E-state index contributed by atoms with van der Waals surface area (Å²) in [6, 6.07) is 22.2. The van der Waals surface area contributed by atoms with E-state index in [1.807, 2.05) is 6.07 Å². The summed E-state index contributed by atoms with van der Waals surface area (Å²) in [7, 11) is 0. The van der Waals surface area contributed by atoms with Crippen LogP contribution in [-0.2, 0) is 0 Å². The van der Waals surface area contributed by atoms with Crippen molar-refractivity contribution < 1.29 is 14.0 Å². The second-order valence-corrected chi connectivity index (χ2v) is 6.59. The Morgan fingerprint density at radius 2 is 1.48 bits per heavy atom. The number of hydrogen-bond acceptors (Lipinski definition) is 5. The number of halogens is 1. The first kappa shape index (κ1) is 18.6. The molecule has 0 radical (unpaired) electrons. The highest BCUT2D eigenvalue weighted by Gasteiger charge is 2.14. The zero-order valence-corrected chi connectivity index (χ0v) is 15.8. The summed E-state index contributed by atoms with van der Waals surface area (Å²) in [6.07, 6.45) is 0. The van der Waals surface area contributed by atoms with Crippen molar-refractivity contribution in [2.24, 2.45) is 0 Å². The topological polar surface area (TPSA) is 85.1 Å². The summed E-state index contributed by atoms with van der Waals surface area (Å²) in [4.78, 5) is 24.9. The average molecular weight is 404 g/mol. The number of carbonyl (C=O) groups is 2. The molecule has 0 aliphatic carbocycles. The van der Waals surface area contributed by atoms with Crippen molar-refractivity contribution in [1.82, 2.24) is 10.2 Å². The molecular weight excluding hydrogens is 390 g/mol. The first-order valence-electron chi connectivity index (χ1n) is 8.71. The lowest BCUT2D eigenvalue weighted by Gasteiger charge is -2.04. The van der Waals surface area contributed by atoms with Crippen LogP contribution in [0.1, 0.15) is 26.3 Å². The van der Waals surface area contributed by atoms with Gasteiger partial charge >= 0.3 is 6.01 Å². The molecule has 142 valence electrons. The fourth-order valence-electron chi connectivity index (χ4n) is 2.71. The van der Waals surface area contributed by atoms with Crippen LogP contribution in [0.5, 0.6) is 0 Å². The highest BCUT2D eigenvalue weighted by atomic mass is 35.5. The van der Waals surface area contributed by atoms with Crippen LogP contribution in [-0.4, -0.2) is 21.9 Å². The Morgan fingerprint density at radius 3 is 2.21 bits per heavy atom. The van der Waals surface area contributed by atoms with Crippen molar-refractivity contribution >= 4 is 29.3 Å². The minimum absolute atomic E-state index is 0.0330. The Morgan fingerprint density at radius 1 is 0.793 bits per heavy atom. The number of amides is 1. The lowest BCUT2D eigenvalue weighted by molar-refractivity contribution is 0.101. The maximum absolute atomic E-state index is 12.4. The summed E-state index contributed by atoms with van der Waals surface area (Å²) in [5.74, 6) is -0.294. The van der Waals surface area contributed by atoms with Crippen LogP contribution >= 0.6 is 11.6 Å². The lowest BCUT2D eigenvalue weighted by Crippen LogP contribution is -2.12. The molecular formula is C22H14ClN3O3. The maximum atomic E-state index is 12.4. The van der Waals surface area contributed by atoms with Gasteiger partial charge in [-0.1, -0.05) is 65.2 Å². The van der Waals surface area contributed by atoms with Crippen molar-refractivity contribution in [2.45, 2.75) is 0 Å². The minimum Gasteiger partial charge on any atom is -0.403 e. The molecule has 1 amide bonds. The standard InChI is InChI=1S/C22H14ClN3O3/c23-18-8-4-7-17(13-18)21-25-26-22(29-21)24-20(28)16-11-9-15(10-12-16)19(27)14-5-2-1-3-6-14/h1-13H,(H,24,26,28). The van der Waals surface area contributed by atoms with Gasteiger partial charge in [-0.2, -0.15) is 0 Å². The van der Waals surface area contributed by atoms with Crippen LogP contribution in [0.2, 0.25) is 5.02 Å². The third-order valence-corrected chi connectivity index (χ3v) is 4.40. The van der Waals surface area contributed by atoms with Gasteiger partial charge < -0.3 is 4.42 Å². The quantitative estimate of drug-likeness (QED) is 0.480. The molecule has 3 aromatic carbocycles. The Kier molecular flexibility index (Phi) is 5.18. The number of anilines is 1. The first-order valence-corrected chi connectivity index (χ1v) is 9.08. The normalized spacial score (nSPS) is 10.5. The zero-order valence-electron chi connectivity index (χ0n) is 15.0. The molecule has 0 saturated carbocycles. The van der Waals surface area contributed by atoms with E-state index in [0.717, 1.165) is 0 Å². The molecule has 6 nitrogen and oxygen atoms in total. The van der Waals surface area contributed by atoms with Crippen molar-refractivity contribution in [3.8, 4) is 11.5 Å². The van der Waals surface area contributed by atoms with Crippen LogP contribution in [0, 0.1) is 0 Å². The van der Waals surface area contributed by atoms with Crippen molar-refractivity contribution in [3.63, 3.8) is 0 Å². The number of carbonyl (C=O) groups excluding carboxylic acids is 2. The van der Waals surface area contributed by atoms with E-state index in [0.29, 0.717) is 27.3 Å². The predicted octanol–water partition coefficient (Wildman–Crippen LogP) is 4.87. The van der Waals surface area contributed by atoms with E-state index in [-0.39, 0.29) is 17.7 Å². The predicted molar refractivity (Wildman–Crippen MR) is 109 cm³/mol. The molecule has 1 heterocycles. The van der Waals surface area contributed by atoms with Crippen LogP contribution in [0.15, 0.2) is 83.3 Å². The number of nitrogens with one attached hydrogen (secondary N) is 1. The van der Waals surface area contributed by atoms with Gasteiger partial charge in [-0.15, -0.1) is 5.10 Å². The van der Waals surface area contributed by atoms with Crippen molar-refractivity contribution in [3.05, 3.63) is 101 Å². The van der Waals surface area contributed by atoms with E-state index in [2.05, 4.69) is 15.5 Å². The van der Waals surface area contributed by atoms with Gasteiger partial charge in [0, 0.05) is 27.3 Å². The summed E-state index contributed by atoms with van der Waals surface area (Å²) >= 11 is 5.96. The molecule has 1 N–H and O–H groups in total. The average Bonchev–Trinajstić information content (AvgIpc) is 3.22. The van der Waals surface area contributed by atoms with Crippen LogP contribution in [0.4, 0.5) is 6.01 Å². The SMILES string of the molecule is O=C(Nc1nnc(-c2cccc(Cl)c2)o1)c1ccc(C(=O)c2ccccc2)cc1. The van der Waals surface area contributed by atoms with E-state index >= 15 is 0 Å². The smallest absolute Gasteiger partial charge is 0.322 e. The Labute approximate surface area is 171 Å². The first-order chi connectivity index (χ1) is 14.1. The minimum atomic E-state index is -0.426. The third kappa shape index (κ3) is 4.23. The second-order valence-electron chi connectivity index (χ2n) is 6.15. The number of hydrogen-bond donors (Lipinski definition) is 1. The van der Waals surface area contributed by atoms with E-state index in [1.165, 1.54) is 0 Å². The fourth-order valence-corrected chi connectivity index (χ4v) is 2.90. The fraction of sp³-hybridized carbons (Fsp3) is 0. The van der Waals surface area contributed by atoms with Crippen molar-refractivity contribution in [1.29, 1.82) is 0 Å². The molecule has 0 fully saturated rings. The molecule has 0 aliphatic rings. The third-order valence-electron chi connectivity index (χ3n) is 4.16. The van der Waals surface area contributed by atoms with Crippen LogP contribution in [0.3, 0.4) is 0 Å². The Bertz CT molecular complexity index is 1170. The molecule has 0 unspecified atom stereocenters. The lowest BCUT2D eigenvalue weighted by atomic mass is 10.0. The maximum Gasteiger partial charge on any atom is 0.322 e. The van der Waals surface area contributed by atoms with Gasteiger partial charge in [0.1, 0.15) is 0 Å². The molecule has 1 aromatic heterocycles. The zero-order chi connectivity index (χ0) is 20.2. The number of ketones is 1. The largest absolute Gasteiger partial charge is 0.403 e. The summed E-state index contributed by atoms with van der Waals surface area (Å²) in [6.45, 7) is 0. The molecule has 4 rings (SSSR count). The monoisotopic (exact) mass is 403 g/mol. The molecule has 0 bridgehead atoms. The Balaban J connectivity index is 1.46. The molecule has 7 heteroatoms. The Hall–Kier alpha value is -3.77. The molecule has 0 spiro atoms. The van der Waals surface area contributed by atoms with E-state index in [4.69, 9.17) is 16.0 Å². The second kappa shape index (κ2) is 8.08. The number of nitrogens with zero attached hydrogens (tertiary/aromatic N) is 2. The van der Waals surface area contributed by atoms with E-state index in [9.17, 15) is 9.59 Å². The van der Waals surface area contributed by atoms with Gasteiger partial charge in [0.05, 0.1) is 0 Å². The molecule has 0 atom stereocenters. The summed E-state index contributed by atoms with van der Waals surface area (Å²) in [5, 5.41) is 10.8. The van der Waals surface area contributed by atoms with Gasteiger partial charge in [-0.05, 0) is 30.3 Å². The molecule has 4 aromatic rings. The molecule has 0 aliphatic heterocycles. The van der Waals surface area contributed by atoms with Crippen LogP contribution in [0.25, 0.3) is 11.5 Å². The highest BCUT2D eigenvalue weighted by Crippen LogP contribution is 2.23. The van der Waals surface area contributed by atoms with Crippen molar-refractivity contribution in [2.75, 3.05) is 5.32 Å². The van der Waals surface area contributed by atoms with E-state index < -0.39 is 5.91 Å². The van der Waals surface area contributed by atoms with Crippen LogP contribution < -0.4 is 5.32 Å². The number of rotatable bonds is 5. The van der Waals surface area contributed by atoms with Gasteiger partial charge in [0.15, 0.2) is 5.78 Å². The highest BCUT2D eigenvalue weighted by molar-refractivity contribution is 6.30. The van der Waals surface area contributed by atoms with Gasteiger partial charge in [0.2, 0.25) is 5.89 Å². The summed E-state index contributed by atoms with van der Waals surface area (Å²) in [5.41, 5.74) is 2.09. The van der Waals surface area contributed by atoms with Gasteiger partial charge in [-0.3, -0.25) is 14.9 Å².